The lowest BCUT2D eigenvalue weighted by molar-refractivity contribution is 0.368. The third kappa shape index (κ3) is 3.63. The van der Waals surface area contributed by atoms with Gasteiger partial charge in [0.15, 0.2) is 17.2 Å². The van der Waals surface area contributed by atoms with E-state index in [9.17, 15) is 15.3 Å². The van der Waals surface area contributed by atoms with Crippen LogP contribution >= 0.6 is 0 Å². The first-order valence-corrected chi connectivity index (χ1v) is 6.67. The highest BCUT2D eigenvalue weighted by Crippen LogP contribution is 2.35. The average Bonchev–Trinajstić information content (AvgIpc) is 2.52. The van der Waals surface area contributed by atoms with Gasteiger partial charge >= 0.3 is 0 Å². The van der Waals surface area contributed by atoms with Gasteiger partial charge in [0.05, 0.1) is 14.2 Å². The topological polar surface area (TPSA) is 79.2 Å². The van der Waals surface area contributed by atoms with E-state index in [0.29, 0.717) is 23.5 Å². The molecular formula is C17H18O5. The Morgan fingerprint density at radius 3 is 1.91 bits per heavy atom. The van der Waals surface area contributed by atoms with Gasteiger partial charge in [0.1, 0.15) is 11.5 Å². The molecule has 0 unspecified atom stereocenters. The third-order valence-corrected chi connectivity index (χ3v) is 3.17. The number of phenolic OH excluding ortho intramolecular Hbond substituents is 3. The van der Waals surface area contributed by atoms with E-state index in [-0.39, 0.29) is 11.5 Å². The van der Waals surface area contributed by atoms with Gasteiger partial charge in [-0.3, -0.25) is 0 Å². The van der Waals surface area contributed by atoms with Crippen molar-refractivity contribution < 1.29 is 24.8 Å². The summed E-state index contributed by atoms with van der Waals surface area (Å²) in [6.07, 6.45) is 4.24. The summed E-state index contributed by atoms with van der Waals surface area (Å²) in [5.74, 6) is 0.186. The van der Waals surface area contributed by atoms with E-state index in [2.05, 4.69) is 0 Å². The Kier molecular flexibility index (Phi) is 4.78. The van der Waals surface area contributed by atoms with Crippen LogP contribution in [0.1, 0.15) is 11.1 Å². The third-order valence-electron chi connectivity index (χ3n) is 3.17. The lowest BCUT2D eigenvalue weighted by Crippen LogP contribution is -1.90. The molecular weight excluding hydrogens is 284 g/mol. The van der Waals surface area contributed by atoms with Crippen LogP contribution in [0.2, 0.25) is 0 Å². The molecule has 0 bridgehead atoms. The van der Waals surface area contributed by atoms with Gasteiger partial charge in [0.25, 0.3) is 0 Å². The number of phenols is 3. The van der Waals surface area contributed by atoms with Crippen molar-refractivity contribution in [3.05, 3.63) is 47.5 Å². The number of rotatable bonds is 5. The molecule has 2 aromatic rings. The maximum atomic E-state index is 9.46. The quantitative estimate of drug-likeness (QED) is 0.740. The lowest BCUT2D eigenvalue weighted by atomic mass is 10.1. The van der Waals surface area contributed by atoms with Crippen LogP contribution in [0.3, 0.4) is 0 Å². The number of hydrogen-bond donors (Lipinski definition) is 3. The number of aromatic hydroxyl groups is 3. The summed E-state index contributed by atoms with van der Waals surface area (Å²) in [5, 5.41) is 28.2. The molecule has 3 N–H and O–H groups in total. The lowest BCUT2D eigenvalue weighted by Gasteiger charge is -2.07. The molecule has 0 fully saturated rings. The van der Waals surface area contributed by atoms with Crippen LogP contribution in [0.4, 0.5) is 0 Å². The first-order chi connectivity index (χ1) is 10.5. The second-order valence-electron chi connectivity index (χ2n) is 4.74. The summed E-state index contributed by atoms with van der Waals surface area (Å²) >= 11 is 0. The molecule has 0 aliphatic heterocycles. The molecule has 0 saturated carbocycles. The molecule has 0 radical (unpaired) electrons. The van der Waals surface area contributed by atoms with Crippen molar-refractivity contribution in [3.63, 3.8) is 0 Å². The molecule has 116 valence electrons. The SMILES string of the molecule is COc1cc(C/C=C\c2cc(O)c(O)c(O)c2)cc(OC)c1. The van der Waals surface area contributed by atoms with E-state index < -0.39 is 5.75 Å². The Morgan fingerprint density at radius 2 is 1.41 bits per heavy atom. The Balaban J connectivity index is 2.15. The van der Waals surface area contributed by atoms with Gasteiger partial charge < -0.3 is 24.8 Å². The van der Waals surface area contributed by atoms with Crippen LogP contribution < -0.4 is 9.47 Å². The maximum Gasteiger partial charge on any atom is 0.200 e. The minimum Gasteiger partial charge on any atom is -0.504 e. The predicted octanol–water partition coefficient (Wildman–Crippen LogP) is 3.08. The van der Waals surface area contributed by atoms with Crippen molar-refractivity contribution >= 4 is 6.08 Å². The van der Waals surface area contributed by atoms with Crippen LogP contribution in [0.25, 0.3) is 6.08 Å². The van der Waals surface area contributed by atoms with Crippen LogP contribution in [0.5, 0.6) is 28.7 Å². The van der Waals surface area contributed by atoms with Gasteiger partial charge in [0.2, 0.25) is 0 Å². The molecule has 0 saturated heterocycles. The normalized spacial score (nSPS) is 10.8. The molecule has 2 aromatic carbocycles. The van der Waals surface area contributed by atoms with Crippen molar-refractivity contribution in [1.82, 2.24) is 0 Å². The number of ether oxygens (including phenoxy) is 2. The van der Waals surface area contributed by atoms with Crippen LogP contribution in [0.15, 0.2) is 36.4 Å². The summed E-state index contributed by atoms with van der Waals surface area (Å²) in [4.78, 5) is 0. The van der Waals surface area contributed by atoms with E-state index in [4.69, 9.17) is 9.47 Å². The van der Waals surface area contributed by atoms with Gasteiger partial charge in [-0.1, -0.05) is 12.2 Å². The molecule has 0 amide bonds. The van der Waals surface area contributed by atoms with Gasteiger partial charge in [-0.15, -0.1) is 0 Å². The first-order valence-electron chi connectivity index (χ1n) is 6.67. The molecule has 0 heterocycles. The van der Waals surface area contributed by atoms with E-state index in [1.54, 1.807) is 26.4 Å². The number of allylic oxidation sites excluding steroid dienone is 1. The molecule has 2 rings (SSSR count). The molecule has 0 aliphatic rings. The van der Waals surface area contributed by atoms with E-state index >= 15 is 0 Å². The first kappa shape index (κ1) is 15.6. The van der Waals surface area contributed by atoms with E-state index in [1.807, 2.05) is 18.2 Å². The molecule has 0 aromatic heterocycles. The minimum atomic E-state index is -0.519. The zero-order valence-corrected chi connectivity index (χ0v) is 12.4. The number of benzene rings is 2. The number of methoxy groups -OCH3 is 2. The molecule has 0 atom stereocenters. The zero-order chi connectivity index (χ0) is 16.1. The van der Waals surface area contributed by atoms with E-state index in [1.165, 1.54) is 12.1 Å². The number of hydrogen-bond acceptors (Lipinski definition) is 5. The maximum absolute atomic E-state index is 9.46. The minimum absolute atomic E-state index is 0.359. The Morgan fingerprint density at radius 1 is 0.864 bits per heavy atom. The standard InChI is InChI=1S/C17H18O5/c1-21-13-6-11(7-14(10-13)22-2)4-3-5-12-8-15(18)17(20)16(19)9-12/h3,5-10,18-20H,4H2,1-2H3/b5-3-. The van der Waals surface area contributed by atoms with Crippen molar-refractivity contribution in [2.45, 2.75) is 6.42 Å². The summed E-state index contributed by atoms with van der Waals surface area (Å²) in [7, 11) is 3.19. The Hall–Kier alpha value is -2.82. The highest BCUT2D eigenvalue weighted by Gasteiger charge is 2.06. The van der Waals surface area contributed by atoms with Crippen LogP contribution in [-0.2, 0) is 6.42 Å². The summed E-state index contributed by atoms with van der Waals surface area (Å²) in [6, 6.07) is 8.34. The largest absolute Gasteiger partial charge is 0.504 e. The monoisotopic (exact) mass is 302 g/mol. The second kappa shape index (κ2) is 6.76. The van der Waals surface area contributed by atoms with Crippen molar-refractivity contribution in [3.8, 4) is 28.7 Å². The molecule has 5 heteroatoms. The van der Waals surface area contributed by atoms with Crippen molar-refractivity contribution in [2.75, 3.05) is 14.2 Å². The van der Waals surface area contributed by atoms with Gasteiger partial charge in [0, 0.05) is 6.07 Å². The van der Waals surface area contributed by atoms with Crippen LogP contribution in [0, 0.1) is 0 Å². The highest BCUT2D eigenvalue weighted by molar-refractivity contribution is 5.60. The zero-order valence-electron chi connectivity index (χ0n) is 12.4. The fraction of sp³-hybridized carbons (Fsp3) is 0.176. The smallest absolute Gasteiger partial charge is 0.200 e. The Bertz CT molecular complexity index is 646. The van der Waals surface area contributed by atoms with E-state index in [0.717, 1.165) is 5.56 Å². The van der Waals surface area contributed by atoms with Gasteiger partial charge in [-0.25, -0.2) is 0 Å². The summed E-state index contributed by atoms with van der Waals surface area (Å²) in [5.41, 5.74) is 1.59. The molecule has 0 aliphatic carbocycles. The predicted molar refractivity (Wildman–Crippen MR) is 83.7 cm³/mol. The van der Waals surface area contributed by atoms with Crippen molar-refractivity contribution in [1.29, 1.82) is 0 Å². The van der Waals surface area contributed by atoms with Gasteiger partial charge in [-0.05, 0) is 41.8 Å². The molecule has 0 spiro atoms. The fourth-order valence-corrected chi connectivity index (χ4v) is 2.04. The fourth-order valence-electron chi connectivity index (χ4n) is 2.04. The average molecular weight is 302 g/mol. The van der Waals surface area contributed by atoms with Gasteiger partial charge in [-0.2, -0.15) is 0 Å². The second-order valence-corrected chi connectivity index (χ2v) is 4.74. The Labute approximate surface area is 128 Å². The molecule has 5 nitrogen and oxygen atoms in total. The summed E-state index contributed by atoms with van der Waals surface area (Å²) < 4.78 is 10.4. The molecule has 22 heavy (non-hydrogen) atoms. The highest BCUT2D eigenvalue weighted by atomic mass is 16.5. The summed E-state index contributed by atoms with van der Waals surface area (Å²) in [6.45, 7) is 0. The van der Waals surface area contributed by atoms with Crippen LogP contribution in [-0.4, -0.2) is 29.5 Å². The van der Waals surface area contributed by atoms with Crippen molar-refractivity contribution in [2.24, 2.45) is 0 Å².